The zero-order valence-electron chi connectivity index (χ0n) is 15.8. The Balaban J connectivity index is 1.76. The number of nitrogens with zero attached hydrogens (tertiary/aromatic N) is 3. The van der Waals surface area contributed by atoms with Crippen LogP contribution in [0, 0.1) is 10.1 Å². The summed E-state index contributed by atoms with van der Waals surface area (Å²) in [5.41, 5.74) is -0.248. The van der Waals surface area contributed by atoms with E-state index in [0.717, 1.165) is 55.6 Å². The van der Waals surface area contributed by atoms with Crippen molar-refractivity contribution in [2.24, 2.45) is 0 Å². The van der Waals surface area contributed by atoms with Crippen LogP contribution in [-0.4, -0.2) is 41.6 Å². The number of nitro groups is 1. The van der Waals surface area contributed by atoms with Crippen LogP contribution in [0.15, 0.2) is 41.3 Å². The molecule has 1 amide bonds. The minimum Gasteiger partial charge on any atom is -0.465 e. The Hall–Kier alpha value is -3.69. The summed E-state index contributed by atoms with van der Waals surface area (Å²) < 4.78 is 5.30. The molecule has 2 aromatic rings. The number of hydrogen-bond donors (Lipinski definition) is 1. The number of pyridine rings is 1. The standard InChI is InChI=1S/C19H20N4O6/c1-29-19(26)16-10-15(23(27)28)11-22(18(16)25)12-17(24)20-13-4-6-14(7-5-13)21-8-2-3-9-21/h4-7,10-11H,2-3,8-9,12H2,1H3,(H,20,24). The molecule has 1 N–H and O–H groups in total. The molecule has 152 valence electrons. The molecule has 29 heavy (non-hydrogen) atoms. The molecule has 0 radical (unpaired) electrons. The Morgan fingerprint density at radius 2 is 1.86 bits per heavy atom. The highest BCUT2D eigenvalue weighted by molar-refractivity contribution is 5.92. The van der Waals surface area contributed by atoms with Gasteiger partial charge in [-0.15, -0.1) is 0 Å². The quantitative estimate of drug-likeness (QED) is 0.445. The lowest BCUT2D eigenvalue weighted by Gasteiger charge is -2.17. The summed E-state index contributed by atoms with van der Waals surface area (Å²) in [6, 6.07) is 8.13. The van der Waals surface area contributed by atoms with Gasteiger partial charge in [0.05, 0.1) is 18.2 Å². The number of rotatable bonds is 6. The molecule has 10 nitrogen and oxygen atoms in total. The van der Waals surface area contributed by atoms with Crippen LogP contribution in [0.2, 0.25) is 0 Å². The number of anilines is 2. The van der Waals surface area contributed by atoms with Gasteiger partial charge in [0.2, 0.25) is 5.91 Å². The monoisotopic (exact) mass is 400 g/mol. The molecule has 1 saturated heterocycles. The van der Waals surface area contributed by atoms with Crippen molar-refractivity contribution in [3.05, 3.63) is 62.6 Å². The lowest BCUT2D eigenvalue weighted by molar-refractivity contribution is -0.385. The molecule has 10 heteroatoms. The SMILES string of the molecule is COC(=O)c1cc([N+](=O)[O-])cn(CC(=O)Nc2ccc(N3CCCC3)cc2)c1=O. The highest BCUT2D eigenvalue weighted by atomic mass is 16.6. The number of hydrogen-bond acceptors (Lipinski definition) is 7. The van der Waals surface area contributed by atoms with E-state index >= 15 is 0 Å². The number of amides is 1. The van der Waals surface area contributed by atoms with Crippen LogP contribution in [0.1, 0.15) is 23.2 Å². The zero-order chi connectivity index (χ0) is 21.0. The van der Waals surface area contributed by atoms with Gasteiger partial charge in [0, 0.05) is 30.5 Å². The van der Waals surface area contributed by atoms with Crippen molar-refractivity contribution in [3.8, 4) is 0 Å². The van der Waals surface area contributed by atoms with E-state index in [1.165, 1.54) is 0 Å². The predicted molar refractivity (Wildman–Crippen MR) is 105 cm³/mol. The molecular formula is C19H20N4O6. The second-order valence-electron chi connectivity index (χ2n) is 6.58. The van der Waals surface area contributed by atoms with E-state index in [1.807, 2.05) is 12.1 Å². The molecule has 3 rings (SSSR count). The minimum atomic E-state index is -1.01. The van der Waals surface area contributed by atoms with Crippen LogP contribution in [0.25, 0.3) is 0 Å². The average Bonchev–Trinajstić information content (AvgIpc) is 3.24. The fraction of sp³-hybridized carbons (Fsp3) is 0.316. The van der Waals surface area contributed by atoms with E-state index in [-0.39, 0.29) is 0 Å². The molecule has 1 fully saturated rings. The van der Waals surface area contributed by atoms with Crippen molar-refractivity contribution < 1.29 is 19.2 Å². The summed E-state index contributed by atoms with van der Waals surface area (Å²) in [6.45, 7) is 1.52. The molecule has 0 saturated carbocycles. The Morgan fingerprint density at radius 3 is 2.45 bits per heavy atom. The molecule has 1 aliphatic heterocycles. The van der Waals surface area contributed by atoms with Crippen LogP contribution in [-0.2, 0) is 16.1 Å². The second kappa shape index (κ2) is 8.55. The van der Waals surface area contributed by atoms with Gasteiger partial charge in [0.25, 0.3) is 11.2 Å². The molecule has 2 heterocycles. The number of ether oxygens (including phenoxy) is 1. The number of aromatic nitrogens is 1. The number of benzene rings is 1. The summed E-state index contributed by atoms with van der Waals surface area (Å²) in [5, 5.41) is 13.7. The molecule has 1 aliphatic rings. The van der Waals surface area contributed by atoms with E-state index in [0.29, 0.717) is 5.69 Å². The third-order valence-electron chi connectivity index (χ3n) is 4.62. The van der Waals surface area contributed by atoms with Crippen molar-refractivity contribution in [1.29, 1.82) is 0 Å². The van der Waals surface area contributed by atoms with Gasteiger partial charge < -0.3 is 15.0 Å². The van der Waals surface area contributed by atoms with Crippen LogP contribution in [0.5, 0.6) is 0 Å². The maximum Gasteiger partial charge on any atom is 0.343 e. The molecular weight excluding hydrogens is 380 g/mol. The predicted octanol–water partition coefficient (Wildman–Crippen LogP) is 1.78. The Bertz CT molecular complexity index is 993. The minimum absolute atomic E-state index is 0.488. The van der Waals surface area contributed by atoms with Gasteiger partial charge in [-0.1, -0.05) is 0 Å². The van der Waals surface area contributed by atoms with Crippen molar-refractivity contribution in [2.45, 2.75) is 19.4 Å². The molecule has 0 aliphatic carbocycles. The van der Waals surface area contributed by atoms with Crippen LogP contribution < -0.4 is 15.8 Å². The van der Waals surface area contributed by atoms with E-state index in [1.54, 1.807) is 12.1 Å². The molecule has 0 unspecified atom stereocenters. The van der Waals surface area contributed by atoms with Gasteiger partial charge in [-0.2, -0.15) is 0 Å². The molecule has 0 bridgehead atoms. The first-order chi connectivity index (χ1) is 13.9. The second-order valence-corrected chi connectivity index (χ2v) is 6.58. The lowest BCUT2D eigenvalue weighted by atomic mass is 10.2. The fourth-order valence-electron chi connectivity index (χ4n) is 3.18. The van der Waals surface area contributed by atoms with E-state index in [2.05, 4.69) is 15.0 Å². The Morgan fingerprint density at radius 1 is 1.21 bits per heavy atom. The topological polar surface area (TPSA) is 124 Å². The Labute approximate surface area is 165 Å². The van der Waals surface area contributed by atoms with E-state index in [9.17, 15) is 24.5 Å². The summed E-state index contributed by atoms with van der Waals surface area (Å²) in [6.07, 6.45) is 3.23. The maximum absolute atomic E-state index is 12.4. The third-order valence-corrected chi connectivity index (χ3v) is 4.62. The van der Waals surface area contributed by atoms with Gasteiger partial charge in [-0.05, 0) is 37.1 Å². The molecule has 0 atom stereocenters. The van der Waals surface area contributed by atoms with Crippen LogP contribution >= 0.6 is 0 Å². The van der Waals surface area contributed by atoms with Gasteiger partial charge in [-0.3, -0.25) is 24.3 Å². The highest BCUT2D eigenvalue weighted by Gasteiger charge is 2.21. The van der Waals surface area contributed by atoms with E-state index in [4.69, 9.17) is 0 Å². The first kappa shape index (κ1) is 20.1. The van der Waals surface area contributed by atoms with E-state index < -0.39 is 40.2 Å². The molecule has 0 spiro atoms. The third kappa shape index (κ3) is 4.60. The fourth-order valence-corrected chi connectivity index (χ4v) is 3.18. The number of esters is 1. The largest absolute Gasteiger partial charge is 0.465 e. The lowest BCUT2D eigenvalue weighted by Crippen LogP contribution is -2.31. The van der Waals surface area contributed by atoms with Crippen LogP contribution in [0.4, 0.5) is 17.1 Å². The maximum atomic E-state index is 12.4. The van der Waals surface area contributed by atoms with Gasteiger partial charge in [0.15, 0.2) is 0 Å². The van der Waals surface area contributed by atoms with Crippen LogP contribution in [0.3, 0.4) is 0 Å². The first-order valence-electron chi connectivity index (χ1n) is 9.01. The zero-order valence-corrected chi connectivity index (χ0v) is 15.8. The Kier molecular flexibility index (Phi) is 5.91. The summed E-state index contributed by atoms with van der Waals surface area (Å²) in [7, 11) is 1.06. The van der Waals surface area contributed by atoms with Crippen molar-refractivity contribution in [3.63, 3.8) is 0 Å². The summed E-state index contributed by atoms with van der Waals surface area (Å²) in [5.74, 6) is -1.57. The number of methoxy groups -OCH3 is 1. The summed E-state index contributed by atoms with van der Waals surface area (Å²) in [4.78, 5) is 49.0. The number of carbonyl (C=O) groups excluding carboxylic acids is 2. The van der Waals surface area contributed by atoms with Gasteiger partial charge in [0.1, 0.15) is 12.1 Å². The van der Waals surface area contributed by atoms with Crippen molar-refractivity contribution in [1.82, 2.24) is 4.57 Å². The first-order valence-corrected chi connectivity index (χ1v) is 9.01. The van der Waals surface area contributed by atoms with Gasteiger partial charge >= 0.3 is 5.97 Å². The normalized spacial score (nSPS) is 13.2. The smallest absolute Gasteiger partial charge is 0.343 e. The molecule has 1 aromatic carbocycles. The highest BCUT2D eigenvalue weighted by Crippen LogP contribution is 2.22. The molecule has 1 aromatic heterocycles. The van der Waals surface area contributed by atoms with Crippen molar-refractivity contribution in [2.75, 3.05) is 30.4 Å². The average molecular weight is 400 g/mol. The summed E-state index contributed by atoms with van der Waals surface area (Å²) >= 11 is 0. The van der Waals surface area contributed by atoms with Gasteiger partial charge in [-0.25, -0.2) is 4.79 Å². The number of carbonyl (C=O) groups is 2. The van der Waals surface area contributed by atoms with Crippen molar-refractivity contribution >= 4 is 28.9 Å². The number of nitrogens with one attached hydrogen (secondary N) is 1.